The third-order valence-electron chi connectivity index (χ3n) is 5.58. The number of carbonyl (C=O) groups is 1. The molecule has 1 fully saturated rings. The molecule has 0 aromatic heterocycles. The third-order valence-corrected chi connectivity index (χ3v) is 5.58. The molecular formula is C24H33N3O2. The van der Waals surface area contributed by atoms with Crippen LogP contribution in [0.1, 0.15) is 30.6 Å². The van der Waals surface area contributed by atoms with Crippen molar-refractivity contribution >= 4 is 11.6 Å². The van der Waals surface area contributed by atoms with Crippen molar-refractivity contribution in [1.29, 1.82) is 0 Å². The molecule has 0 spiro atoms. The van der Waals surface area contributed by atoms with E-state index in [2.05, 4.69) is 35.8 Å². The predicted octanol–water partition coefficient (Wildman–Crippen LogP) is 3.76. The lowest BCUT2D eigenvalue weighted by Gasteiger charge is -2.37. The van der Waals surface area contributed by atoms with Crippen molar-refractivity contribution in [2.75, 3.05) is 51.3 Å². The molecule has 0 saturated carbocycles. The molecule has 1 amide bonds. The van der Waals surface area contributed by atoms with Gasteiger partial charge < -0.3 is 14.5 Å². The van der Waals surface area contributed by atoms with E-state index < -0.39 is 0 Å². The summed E-state index contributed by atoms with van der Waals surface area (Å²) in [6.07, 6.45) is 0.991. The normalized spacial score (nSPS) is 14.8. The fraction of sp³-hybridized carbons (Fsp3) is 0.458. The Labute approximate surface area is 174 Å². The Hall–Kier alpha value is -2.53. The standard InChI is InChI=1S/C24H33N3O2/c1-20(2)27(24(28)21-10-5-4-6-11-21)15-9-14-25-16-18-26(19-17-25)22-12-7-8-13-23(22)29-3/h4-8,10-13,20H,9,14-19H2,1-3H3. The van der Waals surface area contributed by atoms with Crippen LogP contribution >= 0.6 is 0 Å². The number of para-hydroxylation sites is 2. The number of piperazine rings is 1. The zero-order chi connectivity index (χ0) is 20.6. The molecule has 5 nitrogen and oxygen atoms in total. The lowest BCUT2D eigenvalue weighted by atomic mass is 10.1. The van der Waals surface area contributed by atoms with Crippen LogP contribution < -0.4 is 9.64 Å². The summed E-state index contributed by atoms with van der Waals surface area (Å²) >= 11 is 0. The molecule has 0 bridgehead atoms. The highest BCUT2D eigenvalue weighted by Gasteiger charge is 2.21. The maximum atomic E-state index is 12.8. The van der Waals surface area contributed by atoms with Gasteiger partial charge in [0.05, 0.1) is 12.8 Å². The minimum Gasteiger partial charge on any atom is -0.495 e. The number of hydrogen-bond acceptors (Lipinski definition) is 4. The van der Waals surface area contributed by atoms with Gasteiger partial charge >= 0.3 is 0 Å². The number of hydrogen-bond donors (Lipinski definition) is 0. The topological polar surface area (TPSA) is 36.0 Å². The second kappa shape index (κ2) is 10.3. The Morgan fingerprint density at radius 2 is 1.66 bits per heavy atom. The van der Waals surface area contributed by atoms with Gasteiger partial charge in [-0.05, 0) is 51.1 Å². The SMILES string of the molecule is COc1ccccc1N1CCN(CCCN(C(=O)c2ccccc2)C(C)C)CC1. The fourth-order valence-corrected chi connectivity index (χ4v) is 3.91. The Morgan fingerprint density at radius 3 is 2.31 bits per heavy atom. The van der Waals surface area contributed by atoms with Gasteiger partial charge in [-0.2, -0.15) is 0 Å². The average molecular weight is 396 g/mol. The summed E-state index contributed by atoms with van der Waals surface area (Å²) in [6.45, 7) is 10.1. The number of methoxy groups -OCH3 is 1. The van der Waals surface area contributed by atoms with Gasteiger partial charge in [-0.3, -0.25) is 9.69 Å². The minimum absolute atomic E-state index is 0.126. The molecule has 29 heavy (non-hydrogen) atoms. The van der Waals surface area contributed by atoms with Crippen LogP contribution in [0.25, 0.3) is 0 Å². The molecule has 1 aliphatic rings. The monoisotopic (exact) mass is 395 g/mol. The number of amides is 1. The van der Waals surface area contributed by atoms with Crippen molar-refractivity contribution in [3.63, 3.8) is 0 Å². The number of benzene rings is 2. The van der Waals surface area contributed by atoms with Crippen molar-refractivity contribution in [3.8, 4) is 5.75 Å². The van der Waals surface area contributed by atoms with Crippen LogP contribution in [-0.2, 0) is 0 Å². The number of ether oxygens (including phenoxy) is 1. The Kier molecular flexibility index (Phi) is 7.53. The van der Waals surface area contributed by atoms with Crippen molar-refractivity contribution in [3.05, 3.63) is 60.2 Å². The van der Waals surface area contributed by atoms with Gasteiger partial charge in [0.2, 0.25) is 0 Å². The fourth-order valence-electron chi connectivity index (χ4n) is 3.91. The smallest absolute Gasteiger partial charge is 0.254 e. The largest absolute Gasteiger partial charge is 0.495 e. The average Bonchev–Trinajstić information content (AvgIpc) is 2.77. The summed E-state index contributed by atoms with van der Waals surface area (Å²) < 4.78 is 5.51. The molecule has 0 aliphatic carbocycles. The highest BCUT2D eigenvalue weighted by molar-refractivity contribution is 5.94. The Morgan fingerprint density at radius 1 is 1.00 bits per heavy atom. The van der Waals surface area contributed by atoms with Gasteiger partial charge in [0.25, 0.3) is 5.91 Å². The highest BCUT2D eigenvalue weighted by Crippen LogP contribution is 2.28. The first-order valence-corrected chi connectivity index (χ1v) is 10.6. The quantitative estimate of drug-likeness (QED) is 0.682. The van der Waals surface area contributed by atoms with Crippen LogP contribution in [0.3, 0.4) is 0 Å². The van der Waals surface area contributed by atoms with Crippen molar-refractivity contribution in [2.24, 2.45) is 0 Å². The Balaban J connectivity index is 1.48. The second-order valence-electron chi connectivity index (χ2n) is 7.81. The second-order valence-corrected chi connectivity index (χ2v) is 7.81. The minimum atomic E-state index is 0.126. The van der Waals surface area contributed by atoms with Gasteiger partial charge in [0.15, 0.2) is 0 Å². The summed E-state index contributed by atoms with van der Waals surface area (Å²) in [5.41, 5.74) is 1.95. The molecule has 3 rings (SSSR count). The first-order chi connectivity index (χ1) is 14.1. The molecule has 1 aliphatic heterocycles. The highest BCUT2D eigenvalue weighted by atomic mass is 16.5. The number of anilines is 1. The van der Waals surface area contributed by atoms with Gasteiger partial charge in [-0.1, -0.05) is 30.3 Å². The van der Waals surface area contributed by atoms with E-state index in [1.807, 2.05) is 47.4 Å². The van der Waals surface area contributed by atoms with Crippen LogP contribution in [0.5, 0.6) is 5.75 Å². The molecule has 0 N–H and O–H groups in total. The van der Waals surface area contributed by atoms with Crippen LogP contribution in [0.15, 0.2) is 54.6 Å². The number of rotatable bonds is 8. The van der Waals surface area contributed by atoms with Gasteiger partial charge in [0.1, 0.15) is 5.75 Å². The zero-order valence-electron chi connectivity index (χ0n) is 17.9. The molecule has 0 radical (unpaired) electrons. The maximum absolute atomic E-state index is 12.8. The van der Waals surface area contributed by atoms with Crippen LogP contribution in [0.2, 0.25) is 0 Å². The lowest BCUT2D eigenvalue weighted by Crippen LogP contribution is -2.47. The maximum Gasteiger partial charge on any atom is 0.254 e. The summed E-state index contributed by atoms with van der Waals surface area (Å²) in [4.78, 5) is 19.7. The van der Waals surface area contributed by atoms with E-state index >= 15 is 0 Å². The first-order valence-electron chi connectivity index (χ1n) is 10.6. The molecule has 0 unspecified atom stereocenters. The summed E-state index contributed by atoms with van der Waals surface area (Å²) in [7, 11) is 1.73. The van der Waals surface area contributed by atoms with E-state index in [9.17, 15) is 4.79 Å². The van der Waals surface area contributed by atoms with Crippen molar-refractivity contribution in [1.82, 2.24) is 9.80 Å². The van der Waals surface area contributed by atoms with Crippen molar-refractivity contribution in [2.45, 2.75) is 26.3 Å². The van der Waals surface area contributed by atoms with Crippen LogP contribution in [-0.4, -0.2) is 68.1 Å². The molecular weight excluding hydrogens is 362 g/mol. The van der Waals surface area contributed by atoms with Crippen molar-refractivity contribution < 1.29 is 9.53 Å². The third kappa shape index (κ3) is 5.51. The summed E-state index contributed by atoms with van der Waals surface area (Å²) in [5.74, 6) is 1.06. The molecule has 156 valence electrons. The first kappa shape index (κ1) is 21.2. The van der Waals surface area contributed by atoms with Gasteiger partial charge in [0, 0.05) is 44.3 Å². The van der Waals surface area contributed by atoms with E-state index in [0.29, 0.717) is 0 Å². The van der Waals surface area contributed by atoms with Crippen LogP contribution in [0, 0.1) is 0 Å². The predicted molar refractivity (Wildman–Crippen MR) is 119 cm³/mol. The van der Waals surface area contributed by atoms with E-state index in [4.69, 9.17) is 4.74 Å². The molecule has 1 heterocycles. The Bertz CT molecular complexity index is 771. The van der Waals surface area contributed by atoms with E-state index in [1.165, 1.54) is 5.69 Å². The molecule has 1 saturated heterocycles. The number of carbonyl (C=O) groups excluding carboxylic acids is 1. The van der Waals surface area contributed by atoms with Gasteiger partial charge in [-0.15, -0.1) is 0 Å². The van der Waals surface area contributed by atoms with E-state index in [1.54, 1.807) is 7.11 Å². The lowest BCUT2D eigenvalue weighted by molar-refractivity contribution is 0.0695. The summed E-state index contributed by atoms with van der Waals surface area (Å²) in [6, 6.07) is 18.0. The molecule has 2 aromatic carbocycles. The van der Waals surface area contributed by atoms with Gasteiger partial charge in [-0.25, -0.2) is 0 Å². The van der Waals surface area contributed by atoms with E-state index in [-0.39, 0.29) is 11.9 Å². The zero-order valence-corrected chi connectivity index (χ0v) is 17.9. The van der Waals surface area contributed by atoms with E-state index in [0.717, 1.165) is 57.0 Å². The molecule has 5 heteroatoms. The number of nitrogens with zero attached hydrogens (tertiary/aromatic N) is 3. The van der Waals surface area contributed by atoms with Crippen LogP contribution in [0.4, 0.5) is 5.69 Å². The molecule has 2 aromatic rings. The molecule has 0 atom stereocenters. The summed E-state index contributed by atoms with van der Waals surface area (Å²) in [5, 5.41) is 0.